The Morgan fingerprint density at radius 2 is 1.68 bits per heavy atom. The minimum atomic E-state index is -3.44. The second-order valence-corrected chi connectivity index (χ2v) is 8.84. The smallest absolute Gasteiger partial charge is 0.221 e. The second kappa shape index (κ2) is 7.00. The van der Waals surface area contributed by atoms with Crippen molar-refractivity contribution in [2.24, 2.45) is 0 Å². The molecule has 132 valence electrons. The zero-order valence-electron chi connectivity index (χ0n) is 14.4. The summed E-state index contributed by atoms with van der Waals surface area (Å²) in [6.45, 7) is 1.91. The van der Waals surface area contributed by atoms with E-state index in [1.54, 1.807) is 24.3 Å². The van der Waals surface area contributed by atoms with E-state index in [-0.39, 0.29) is 28.5 Å². The predicted octanol–water partition coefficient (Wildman–Crippen LogP) is 3.35. The van der Waals surface area contributed by atoms with Gasteiger partial charge in [0.25, 0.3) is 0 Å². The molecule has 1 aliphatic carbocycles. The first kappa shape index (κ1) is 17.7. The van der Waals surface area contributed by atoms with Gasteiger partial charge in [0.05, 0.1) is 16.2 Å². The fourth-order valence-electron chi connectivity index (χ4n) is 3.19. The van der Waals surface area contributed by atoms with Gasteiger partial charge in [-0.3, -0.25) is 4.79 Å². The zero-order valence-corrected chi connectivity index (χ0v) is 15.2. The van der Waals surface area contributed by atoms with E-state index in [0.717, 1.165) is 30.4 Å². The third-order valence-corrected chi connectivity index (χ3v) is 6.62. The van der Waals surface area contributed by atoms with Crippen molar-refractivity contribution in [2.75, 3.05) is 5.75 Å². The number of benzene rings is 2. The number of nitrogens with one attached hydrogen (secondary N) is 1. The van der Waals surface area contributed by atoms with Gasteiger partial charge in [-0.05, 0) is 43.9 Å². The SMILES string of the molecule is Cc1ccc(S(=O)(=O)CCC(=O)NC2(c3ccccc3)CCC2)cc1. The van der Waals surface area contributed by atoms with E-state index >= 15 is 0 Å². The number of hydrogen-bond acceptors (Lipinski definition) is 3. The summed E-state index contributed by atoms with van der Waals surface area (Å²) >= 11 is 0. The quantitative estimate of drug-likeness (QED) is 0.862. The number of carbonyl (C=O) groups is 1. The molecule has 4 nitrogen and oxygen atoms in total. The molecule has 0 atom stereocenters. The number of amides is 1. The Morgan fingerprint density at radius 1 is 1.04 bits per heavy atom. The highest BCUT2D eigenvalue weighted by atomic mass is 32.2. The molecule has 1 amide bonds. The van der Waals surface area contributed by atoms with Gasteiger partial charge in [-0.15, -0.1) is 0 Å². The van der Waals surface area contributed by atoms with Crippen molar-refractivity contribution in [1.82, 2.24) is 5.32 Å². The molecule has 0 aliphatic heterocycles. The summed E-state index contributed by atoms with van der Waals surface area (Å²) in [4.78, 5) is 12.7. The molecule has 5 heteroatoms. The lowest BCUT2D eigenvalue weighted by molar-refractivity contribution is -0.124. The molecule has 1 fully saturated rings. The van der Waals surface area contributed by atoms with E-state index in [0.29, 0.717) is 0 Å². The fraction of sp³-hybridized carbons (Fsp3) is 0.350. The summed E-state index contributed by atoms with van der Waals surface area (Å²) in [7, 11) is -3.44. The Kier molecular flexibility index (Phi) is 4.95. The Hall–Kier alpha value is -2.14. The van der Waals surface area contributed by atoms with Crippen LogP contribution in [0.1, 0.15) is 36.8 Å². The average Bonchev–Trinajstić information content (AvgIpc) is 2.58. The second-order valence-electron chi connectivity index (χ2n) is 6.73. The summed E-state index contributed by atoms with van der Waals surface area (Å²) in [5.74, 6) is -0.383. The topological polar surface area (TPSA) is 63.2 Å². The molecule has 0 radical (unpaired) electrons. The van der Waals surface area contributed by atoms with Crippen LogP contribution in [-0.4, -0.2) is 20.1 Å². The number of hydrogen-bond donors (Lipinski definition) is 1. The molecule has 2 aromatic rings. The Morgan fingerprint density at radius 3 is 2.24 bits per heavy atom. The van der Waals surface area contributed by atoms with Crippen molar-refractivity contribution in [1.29, 1.82) is 0 Å². The molecular weight excluding hydrogens is 334 g/mol. The number of aryl methyl sites for hydroxylation is 1. The minimum Gasteiger partial charge on any atom is -0.347 e. The lowest BCUT2D eigenvalue weighted by Crippen LogP contribution is -2.51. The van der Waals surface area contributed by atoms with Gasteiger partial charge in [-0.25, -0.2) is 8.42 Å². The van der Waals surface area contributed by atoms with E-state index in [2.05, 4.69) is 5.32 Å². The molecule has 3 rings (SSSR count). The van der Waals surface area contributed by atoms with E-state index in [1.165, 1.54) is 0 Å². The van der Waals surface area contributed by atoms with Gasteiger partial charge in [0, 0.05) is 6.42 Å². The van der Waals surface area contributed by atoms with Crippen LogP contribution in [0.5, 0.6) is 0 Å². The van der Waals surface area contributed by atoms with E-state index in [4.69, 9.17) is 0 Å². The zero-order chi connectivity index (χ0) is 17.9. The third-order valence-electron chi connectivity index (χ3n) is 4.89. The monoisotopic (exact) mass is 357 g/mol. The van der Waals surface area contributed by atoms with Crippen LogP contribution in [-0.2, 0) is 20.2 Å². The molecule has 1 saturated carbocycles. The van der Waals surface area contributed by atoms with E-state index in [9.17, 15) is 13.2 Å². The Labute approximate surface area is 149 Å². The standard InChI is InChI=1S/C20H23NO3S/c1-16-8-10-18(11-9-16)25(23,24)15-12-19(22)21-20(13-5-14-20)17-6-3-2-4-7-17/h2-4,6-11H,5,12-15H2,1H3,(H,21,22). The van der Waals surface area contributed by atoms with Crippen LogP contribution >= 0.6 is 0 Å². The maximum atomic E-state index is 12.4. The number of carbonyl (C=O) groups excluding carboxylic acids is 1. The van der Waals surface area contributed by atoms with Crippen LogP contribution in [0, 0.1) is 6.92 Å². The minimum absolute atomic E-state index is 0.0230. The lowest BCUT2D eigenvalue weighted by Gasteiger charge is -2.43. The van der Waals surface area contributed by atoms with Gasteiger partial charge in [-0.1, -0.05) is 48.0 Å². The number of rotatable bonds is 6. The molecule has 1 aliphatic rings. The summed E-state index contributed by atoms with van der Waals surface area (Å²) in [5.41, 5.74) is 1.77. The van der Waals surface area contributed by atoms with Crippen LogP contribution in [0.25, 0.3) is 0 Å². The average molecular weight is 357 g/mol. The first-order valence-corrected chi connectivity index (χ1v) is 10.2. The Bertz CT molecular complexity index is 838. The highest BCUT2D eigenvalue weighted by molar-refractivity contribution is 7.91. The summed E-state index contributed by atoms with van der Waals surface area (Å²) in [5, 5.41) is 3.08. The van der Waals surface area contributed by atoms with Crippen molar-refractivity contribution in [3.8, 4) is 0 Å². The first-order valence-electron chi connectivity index (χ1n) is 8.57. The fourth-order valence-corrected chi connectivity index (χ4v) is 4.43. The van der Waals surface area contributed by atoms with E-state index < -0.39 is 9.84 Å². The summed E-state index contributed by atoms with van der Waals surface area (Å²) in [6.07, 6.45) is 2.84. The highest BCUT2D eigenvalue weighted by Crippen LogP contribution is 2.41. The van der Waals surface area contributed by atoms with E-state index in [1.807, 2.05) is 37.3 Å². The maximum absolute atomic E-state index is 12.4. The van der Waals surface area contributed by atoms with Gasteiger partial charge in [0.1, 0.15) is 0 Å². The molecule has 0 bridgehead atoms. The largest absolute Gasteiger partial charge is 0.347 e. The van der Waals surface area contributed by atoms with Crippen molar-refractivity contribution in [3.63, 3.8) is 0 Å². The van der Waals surface area contributed by atoms with Gasteiger partial charge in [0.15, 0.2) is 9.84 Å². The van der Waals surface area contributed by atoms with Crippen LogP contribution < -0.4 is 5.32 Å². The van der Waals surface area contributed by atoms with Crippen LogP contribution in [0.2, 0.25) is 0 Å². The molecule has 0 spiro atoms. The van der Waals surface area contributed by atoms with Crippen LogP contribution in [0.15, 0.2) is 59.5 Å². The van der Waals surface area contributed by atoms with Crippen molar-refractivity contribution < 1.29 is 13.2 Å². The van der Waals surface area contributed by atoms with Crippen LogP contribution in [0.3, 0.4) is 0 Å². The molecule has 2 aromatic carbocycles. The predicted molar refractivity (Wildman–Crippen MR) is 98.0 cm³/mol. The maximum Gasteiger partial charge on any atom is 0.221 e. The first-order chi connectivity index (χ1) is 11.9. The van der Waals surface area contributed by atoms with Crippen molar-refractivity contribution in [2.45, 2.75) is 43.0 Å². The van der Waals surface area contributed by atoms with Crippen LogP contribution in [0.4, 0.5) is 0 Å². The van der Waals surface area contributed by atoms with Gasteiger partial charge >= 0.3 is 0 Å². The molecule has 0 aromatic heterocycles. The highest BCUT2D eigenvalue weighted by Gasteiger charge is 2.39. The third kappa shape index (κ3) is 3.93. The molecule has 25 heavy (non-hydrogen) atoms. The molecule has 0 heterocycles. The van der Waals surface area contributed by atoms with Crippen molar-refractivity contribution >= 4 is 15.7 Å². The Balaban J connectivity index is 1.64. The lowest BCUT2D eigenvalue weighted by atomic mass is 9.71. The molecular formula is C20H23NO3S. The van der Waals surface area contributed by atoms with Crippen molar-refractivity contribution in [3.05, 3.63) is 65.7 Å². The van der Waals surface area contributed by atoms with Gasteiger partial charge in [-0.2, -0.15) is 0 Å². The normalized spacial score (nSPS) is 16.0. The molecule has 0 saturated heterocycles. The molecule has 1 N–H and O–H groups in total. The summed E-state index contributed by atoms with van der Waals surface area (Å²) in [6, 6.07) is 16.6. The number of sulfone groups is 1. The van der Waals surface area contributed by atoms with Gasteiger partial charge in [0.2, 0.25) is 5.91 Å². The van der Waals surface area contributed by atoms with Gasteiger partial charge < -0.3 is 5.32 Å². The summed E-state index contributed by atoms with van der Waals surface area (Å²) < 4.78 is 24.8. The molecule has 0 unspecified atom stereocenters.